The third kappa shape index (κ3) is 4.05. The second-order valence-electron chi connectivity index (χ2n) is 4.59. The molecular weight excluding hydrogens is 387 g/mol. The largest absolute Gasteiger partial charge is 0.467 e. The summed E-state index contributed by atoms with van der Waals surface area (Å²) >= 11 is 5.68. The molecule has 10 nitrogen and oxygen atoms in total. The Labute approximate surface area is 146 Å². The molecule has 2 aromatic rings. The number of methoxy groups -OCH3 is 1. The van der Waals surface area contributed by atoms with Crippen molar-refractivity contribution in [1.82, 2.24) is 9.97 Å². The van der Waals surface area contributed by atoms with Crippen molar-refractivity contribution in [3.05, 3.63) is 49.1 Å². The summed E-state index contributed by atoms with van der Waals surface area (Å²) in [7, 11) is 1.17. The monoisotopic (exact) mass is 393 g/mol. The van der Waals surface area contributed by atoms with Crippen LogP contribution < -0.4 is 10.1 Å². The molecule has 138 valence electrons. The molecule has 0 amide bonds. The average Bonchev–Trinajstić information content (AvgIpc) is 2.52. The highest BCUT2D eigenvalue weighted by atomic mass is 35.5. The Bertz CT molecular complexity index is 892. The first-order valence-electron chi connectivity index (χ1n) is 6.42. The van der Waals surface area contributed by atoms with Crippen molar-refractivity contribution in [2.24, 2.45) is 0 Å². The molecule has 0 saturated heterocycles. The zero-order valence-electron chi connectivity index (χ0n) is 12.6. The van der Waals surface area contributed by atoms with Crippen molar-refractivity contribution < 1.29 is 27.8 Å². The predicted molar refractivity (Wildman–Crippen MR) is 81.6 cm³/mol. The maximum atomic E-state index is 13.3. The number of anilines is 2. The Morgan fingerprint density at radius 3 is 2.31 bits per heavy atom. The van der Waals surface area contributed by atoms with Crippen LogP contribution in [0.1, 0.15) is 5.56 Å². The SMILES string of the molecule is COc1nc(Cl)cc(Nc2c([N+](=O)[O-])cc([N+](=O)[O-])cc2C(F)(F)F)n1. The van der Waals surface area contributed by atoms with E-state index in [1.54, 1.807) is 0 Å². The third-order valence-electron chi connectivity index (χ3n) is 2.93. The lowest BCUT2D eigenvalue weighted by Crippen LogP contribution is -2.12. The van der Waals surface area contributed by atoms with Crippen molar-refractivity contribution in [3.8, 4) is 6.01 Å². The first-order valence-corrected chi connectivity index (χ1v) is 6.80. The van der Waals surface area contributed by atoms with Gasteiger partial charge in [0.2, 0.25) is 0 Å². The number of nitro benzene ring substituents is 2. The van der Waals surface area contributed by atoms with Crippen LogP contribution in [0.15, 0.2) is 18.2 Å². The summed E-state index contributed by atoms with van der Waals surface area (Å²) in [6, 6.07) is 1.26. The Kier molecular flexibility index (Phi) is 5.11. The van der Waals surface area contributed by atoms with Gasteiger partial charge < -0.3 is 10.1 Å². The van der Waals surface area contributed by atoms with E-state index in [1.807, 2.05) is 0 Å². The lowest BCUT2D eigenvalue weighted by atomic mass is 10.1. The van der Waals surface area contributed by atoms with Crippen LogP contribution in [0.5, 0.6) is 6.01 Å². The van der Waals surface area contributed by atoms with Crippen LogP contribution in [-0.4, -0.2) is 26.9 Å². The molecule has 2 rings (SSSR count). The minimum Gasteiger partial charge on any atom is -0.467 e. The van der Waals surface area contributed by atoms with Gasteiger partial charge in [0, 0.05) is 12.1 Å². The zero-order chi connectivity index (χ0) is 19.6. The molecule has 0 fully saturated rings. The number of nitrogens with one attached hydrogen (secondary N) is 1. The van der Waals surface area contributed by atoms with E-state index in [0.717, 1.165) is 6.07 Å². The Morgan fingerprint density at radius 2 is 1.81 bits per heavy atom. The number of non-ortho nitro benzene ring substituents is 1. The van der Waals surface area contributed by atoms with E-state index in [9.17, 15) is 33.4 Å². The number of benzene rings is 1. The van der Waals surface area contributed by atoms with Gasteiger partial charge in [-0.1, -0.05) is 11.6 Å². The highest BCUT2D eigenvalue weighted by molar-refractivity contribution is 6.29. The van der Waals surface area contributed by atoms with Gasteiger partial charge in [0.05, 0.1) is 28.6 Å². The molecule has 0 saturated carbocycles. The number of hydrogen-bond donors (Lipinski definition) is 1. The van der Waals surface area contributed by atoms with Gasteiger partial charge in [-0.25, -0.2) is 0 Å². The molecule has 14 heteroatoms. The standard InChI is InChI=1S/C12H7ClF3N5O5/c1-26-11-17-8(13)4-9(19-11)18-10-6(12(14,15)16)2-5(20(22)23)3-7(10)21(24)25/h2-4H,1H3,(H,17,18,19). The second kappa shape index (κ2) is 6.95. The number of nitrogens with zero attached hydrogens (tertiary/aromatic N) is 4. The fraction of sp³-hybridized carbons (Fsp3) is 0.167. The van der Waals surface area contributed by atoms with Crippen LogP contribution >= 0.6 is 11.6 Å². The molecule has 0 unspecified atom stereocenters. The third-order valence-corrected chi connectivity index (χ3v) is 3.12. The van der Waals surface area contributed by atoms with Gasteiger partial charge in [0.15, 0.2) is 0 Å². The molecule has 0 aliphatic heterocycles. The lowest BCUT2D eigenvalue weighted by molar-refractivity contribution is -0.394. The van der Waals surface area contributed by atoms with Crippen LogP contribution in [0.3, 0.4) is 0 Å². The van der Waals surface area contributed by atoms with Crippen molar-refractivity contribution in [2.45, 2.75) is 6.18 Å². The number of aromatic nitrogens is 2. The second-order valence-corrected chi connectivity index (χ2v) is 4.97. The van der Waals surface area contributed by atoms with Gasteiger partial charge in [-0.15, -0.1) is 0 Å². The fourth-order valence-electron chi connectivity index (χ4n) is 1.90. The Morgan fingerprint density at radius 1 is 1.15 bits per heavy atom. The quantitative estimate of drug-likeness (QED) is 0.461. The number of rotatable bonds is 5. The number of nitro groups is 2. The van der Waals surface area contributed by atoms with Crippen LogP contribution in [0, 0.1) is 20.2 Å². The predicted octanol–water partition coefficient (Wildman–Crippen LogP) is 3.72. The molecule has 0 spiro atoms. The first-order chi connectivity index (χ1) is 12.0. The van der Waals surface area contributed by atoms with Gasteiger partial charge in [-0.2, -0.15) is 23.1 Å². The summed E-state index contributed by atoms with van der Waals surface area (Å²) in [5.41, 5.74) is -4.91. The molecule has 1 heterocycles. The Balaban J connectivity index is 2.71. The summed E-state index contributed by atoms with van der Waals surface area (Å²) in [5, 5.41) is 23.8. The molecular formula is C12H7ClF3N5O5. The molecule has 0 atom stereocenters. The van der Waals surface area contributed by atoms with Crippen molar-refractivity contribution >= 4 is 34.5 Å². The highest BCUT2D eigenvalue weighted by Crippen LogP contribution is 2.43. The van der Waals surface area contributed by atoms with E-state index >= 15 is 0 Å². The van der Waals surface area contributed by atoms with Crippen molar-refractivity contribution in [1.29, 1.82) is 0 Å². The molecule has 0 bridgehead atoms. The zero-order valence-corrected chi connectivity index (χ0v) is 13.3. The molecule has 1 aromatic heterocycles. The van der Waals surface area contributed by atoms with E-state index in [4.69, 9.17) is 16.3 Å². The first kappa shape index (κ1) is 19.1. The van der Waals surface area contributed by atoms with E-state index in [0.29, 0.717) is 6.07 Å². The summed E-state index contributed by atoms with van der Waals surface area (Å²) < 4.78 is 44.6. The fourth-order valence-corrected chi connectivity index (χ4v) is 2.07. The van der Waals surface area contributed by atoms with Gasteiger partial charge in [-0.05, 0) is 0 Å². The van der Waals surface area contributed by atoms with E-state index in [-0.39, 0.29) is 23.0 Å². The van der Waals surface area contributed by atoms with E-state index in [2.05, 4.69) is 15.3 Å². The smallest absolute Gasteiger partial charge is 0.418 e. The molecule has 1 aromatic carbocycles. The highest BCUT2D eigenvalue weighted by Gasteiger charge is 2.39. The Hall–Kier alpha value is -3.22. The maximum absolute atomic E-state index is 13.3. The minimum atomic E-state index is -5.12. The average molecular weight is 394 g/mol. The van der Waals surface area contributed by atoms with Gasteiger partial charge in [-0.3, -0.25) is 20.2 Å². The topological polar surface area (TPSA) is 133 Å². The number of ether oxygens (including phenoxy) is 1. The van der Waals surface area contributed by atoms with Crippen LogP contribution in [-0.2, 0) is 6.18 Å². The minimum absolute atomic E-state index is 0.176. The van der Waals surface area contributed by atoms with Crippen molar-refractivity contribution in [3.63, 3.8) is 0 Å². The maximum Gasteiger partial charge on any atom is 0.418 e. The lowest BCUT2D eigenvalue weighted by Gasteiger charge is -2.14. The summed E-state index contributed by atoms with van der Waals surface area (Å²) in [6.45, 7) is 0. The number of halogens is 4. The van der Waals surface area contributed by atoms with Crippen LogP contribution in [0.25, 0.3) is 0 Å². The van der Waals surface area contributed by atoms with Gasteiger partial charge in [0.25, 0.3) is 11.4 Å². The molecule has 0 aliphatic carbocycles. The van der Waals surface area contributed by atoms with E-state index in [1.165, 1.54) is 7.11 Å². The normalized spacial score (nSPS) is 11.1. The van der Waals surface area contributed by atoms with Crippen LogP contribution in [0.2, 0.25) is 5.15 Å². The van der Waals surface area contributed by atoms with Gasteiger partial charge >= 0.3 is 12.2 Å². The van der Waals surface area contributed by atoms with E-state index < -0.39 is 38.6 Å². The molecule has 0 radical (unpaired) electrons. The summed E-state index contributed by atoms with van der Waals surface area (Å²) in [4.78, 5) is 26.9. The number of hydrogen-bond acceptors (Lipinski definition) is 8. The van der Waals surface area contributed by atoms with Crippen LogP contribution in [0.4, 0.5) is 36.1 Å². The van der Waals surface area contributed by atoms with Gasteiger partial charge in [0.1, 0.15) is 16.7 Å². The molecule has 0 aliphatic rings. The molecule has 1 N–H and O–H groups in total. The summed E-state index contributed by atoms with van der Waals surface area (Å²) in [6.07, 6.45) is -5.12. The van der Waals surface area contributed by atoms with Crippen molar-refractivity contribution in [2.75, 3.05) is 12.4 Å². The summed E-state index contributed by atoms with van der Waals surface area (Å²) in [5.74, 6) is -0.343. The molecule has 26 heavy (non-hydrogen) atoms. The number of alkyl halides is 3.